The van der Waals surface area contributed by atoms with Gasteiger partial charge in [-0.2, -0.15) is 0 Å². The lowest BCUT2D eigenvalue weighted by molar-refractivity contribution is 0.0924. The van der Waals surface area contributed by atoms with Crippen LogP contribution in [0.3, 0.4) is 0 Å². The second-order valence-electron chi connectivity index (χ2n) is 5.07. The molecule has 0 amide bonds. The Morgan fingerprint density at radius 2 is 2.07 bits per heavy atom. The lowest BCUT2D eigenvalue weighted by atomic mass is 9.68. The highest BCUT2D eigenvalue weighted by Crippen LogP contribution is 2.47. The van der Waals surface area contributed by atoms with Crippen LogP contribution in [0, 0.1) is 16.7 Å². The van der Waals surface area contributed by atoms with Gasteiger partial charge in [0, 0.05) is 25.6 Å². The predicted octanol–water partition coefficient (Wildman–Crippen LogP) is 0.754. The Morgan fingerprint density at radius 1 is 1.40 bits per heavy atom. The first-order chi connectivity index (χ1) is 7.18. The van der Waals surface area contributed by atoms with E-state index in [1.54, 1.807) is 0 Å². The highest BCUT2D eigenvalue weighted by Gasteiger charge is 2.46. The van der Waals surface area contributed by atoms with E-state index in [-0.39, 0.29) is 18.0 Å². The third-order valence-electron chi connectivity index (χ3n) is 4.22. The Hall–Kier alpha value is -0.770. The van der Waals surface area contributed by atoms with Crippen molar-refractivity contribution in [2.75, 3.05) is 19.7 Å². The van der Waals surface area contributed by atoms with Crippen LogP contribution in [0.4, 0.5) is 0 Å². The molecule has 0 aromatic carbocycles. The summed E-state index contributed by atoms with van der Waals surface area (Å²) < 4.78 is 0. The number of aliphatic hydroxyl groups excluding tert-OH is 1. The number of likely N-dealkylation sites (tertiary alicyclic amines) is 1. The molecule has 4 heteroatoms. The number of hydrogen-bond donors (Lipinski definition) is 3. The lowest BCUT2D eigenvalue weighted by Gasteiger charge is -2.37. The topological polar surface area (TPSA) is 73.3 Å². The van der Waals surface area contributed by atoms with E-state index >= 15 is 0 Å². The van der Waals surface area contributed by atoms with Gasteiger partial charge in [0.15, 0.2) is 5.96 Å². The lowest BCUT2D eigenvalue weighted by Crippen LogP contribution is -2.37. The molecule has 1 heterocycles. The Bertz CT molecular complexity index is 248. The second-order valence-corrected chi connectivity index (χ2v) is 5.07. The van der Waals surface area contributed by atoms with Gasteiger partial charge in [0.05, 0.1) is 0 Å². The van der Waals surface area contributed by atoms with Crippen molar-refractivity contribution in [2.24, 2.45) is 17.1 Å². The molecule has 0 aromatic rings. The Labute approximate surface area is 91.0 Å². The summed E-state index contributed by atoms with van der Waals surface area (Å²) in [5, 5.41) is 16.9. The van der Waals surface area contributed by atoms with Gasteiger partial charge in [0.1, 0.15) is 0 Å². The van der Waals surface area contributed by atoms with Crippen molar-refractivity contribution in [3.05, 3.63) is 0 Å². The van der Waals surface area contributed by atoms with E-state index in [1.165, 1.54) is 32.1 Å². The third-order valence-corrected chi connectivity index (χ3v) is 4.22. The largest absolute Gasteiger partial charge is 0.396 e. The molecule has 2 fully saturated rings. The highest BCUT2D eigenvalue weighted by molar-refractivity contribution is 5.75. The molecule has 4 nitrogen and oxygen atoms in total. The van der Waals surface area contributed by atoms with E-state index in [9.17, 15) is 5.11 Å². The minimum Gasteiger partial charge on any atom is -0.396 e. The summed E-state index contributed by atoms with van der Waals surface area (Å²) in [6.45, 7) is 1.89. The van der Waals surface area contributed by atoms with Gasteiger partial charge in [-0.1, -0.05) is 19.3 Å². The average molecular weight is 211 g/mol. The fraction of sp³-hybridized carbons (Fsp3) is 0.909. The molecule has 4 N–H and O–H groups in total. The molecular formula is C11H21N3O. The minimum atomic E-state index is 0.163. The first-order valence-electron chi connectivity index (χ1n) is 5.88. The maximum Gasteiger partial charge on any atom is 0.188 e. The molecule has 0 bridgehead atoms. The Kier molecular flexibility index (Phi) is 2.87. The quantitative estimate of drug-likeness (QED) is 0.443. The van der Waals surface area contributed by atoms with Crippen molar-refractivity contribution in [1.29, 1.82) is 5.41 Å². The number of nitrogens with zero attached hydrogens (tertiary/aromatic N) is 1. The zero-order valence-corrected chi connectivity index (χ0v) is 9.21. The van der Waals surface area contributed by atoms with Gasteiger partial charge < -0.3 is 15.7 Å². The van der Waals surface area contributed by atoms with E-state index < -0.39 is 0 Å². The van der Waals surface area contributed by atoms with E-state index in [0.717, 1.165) is 13.1 Å². The van der Waals surface area contributed by atoms with Crippen molar-refractivity contribution in [1.82, 2.24) is 4.90 Å². The van der Waals surface area contributed by atoms with Crippen LogP contribution in [0.1, 0.15) is 32.1 Å². The maximum atomic E-state index is 9.45. The fourth-order valence-corrected chi connectivity index (χ4v) is 3.29. The number of nitrogens with one attached hydrogen (secondary N) is 1. The average Bonchev–Trinajstić information content (AvgIpc) is 2.58. The maximum absolute atomic E-state index is 9.45. The van der Waals surface area contributed by atoms with Crippen LogP contribution < -0.4 is 5.73 Å². The molecule has 15 heavy (non-hydrogen) atoms. The van der Waals surface area contributed by atoms with E-state index in [2.05, 4.69) is 0 Å². The van der Waals surface area contributed by atoms with Crippen molar-refractivity contribution in [2.45, 2.75) is 32.1 Å². The molecule has 0 unspecified atom stereocenters. The second kappa shape index (κ2) is 4.00. The van der Waals surface area contributed by atoms with Gasteiger partial charge in [0.2, 0.25) is 0 Å². The van der Waals surface area contributed by atoms with E-state index in [4.69, 9.17) is 11.1 Å². The molecule has 0 aromatic heterocycles. The highest BCUT2D eigenvalue weighted by atomic mass is 16.3. The van der Waals surface area contributed by atoms with E-state index in [0.29, 0.717) is 5.92 Å². The molecule has 1 atom stereocenters. The van der Waals surface area contributed by atoms with Crippen LogP contribution in [-0.2, 0) is 0 Å². The summed E-state index contributed by atoms with van der Waals surface area (Å²) in [7, 11) is 0. The monoisotopic (exact) mass is 211 g/mol. The summed E-state index contributed by atoms with van der Waals surface area (Å²) in [5.41, 5.74) is 5.78. The number of hydrogen-bond acceptors (Lipinski definition) is 2. The zero-order valence-electron chi connectivity index (χ0n) is 9.21. The number of nitrogens with two attached hydrogens (primary N) is 1. The fourth-order valence-electron chi connectivity index (χ4n) is 3.29. The summed E-state index contributed by atoms with van der Waals surface area (Å²) in [4.78, 5) is 1.92. The molecule has 1 saturated heterocycles. The minimum absolute atomic E-state index is 0.163. The van der Waals surface area contributed by atoms with Gasteiger partial charge in [-0.05, 0) is 18.3 Å². The SMILES string of the molecule is N=C(N)N1C[C@@H](CO)C2(CCCCC2)C1. The van der Waals surface area contributed by atoms with Crippen molar-refractivity contribution >= 4 is 5.96 Å². The van der Waals surface area contributed by atoms with Crippen LogP contribution in [-0.4, -0.2) is 35.7 Å². The number of rotatable bonds is 1. The molecule has 2 aliphatic rings. The molecule has 0 radical (unpaired) electrons. The third kappa shape index (κ3) is 1.83. The van der Waals surface area contributed by atoms with Gasteiger partial charge in [0.25, 0.3) is 0 Å². The van der Waals surface area contributed by atoms with Crippen LogP contribution in [0.5, 0.6) is 0 Å². The number of guanidine groups is 1. The first-order valence-corrected chi connectivity index (χ1v) is 5.88. The van der Waals surface area contributed by atoms with Gasteiger partial charge in [-0.3, -0.25) is 5.41 Å². The normalized spacial score (nSPS) is 29.7. The molecule has 1 saturated carbocycles. The van der Waals surface area contributed by atoms with E-state index in [1.807, 2.05) is 4.90 Å². The first kappa shape index (κ1) is 10.7. The summed E-state index contributed by atoms with van der Waals surface area (Å²) in [5.74, 6) is 0.484. The molecule has 86 valence electrons. The molecule has 2 rings (SSSR count). The smallest absolute Gasteiger partial charge is 0.188 e. The molecular weight excluding hydrogens is 190 g/mol. The zero-order chi connectivity index (χ0) is 10.9. The molecule has 1 aliphatic carbocycles. The van der Waals surface area contributed by atoms with Crippen LogP contribution in [0.25, 0.3) is 0 Å². The summed E-state index contributed by atoms with van der Waals surface area (Å²) >= 11 is 0. The van der Waals surface area contributed by atoms with Gasteiger partial charge in [-0.25, -0.2) is 0 Å². The Balaban J connectivity index is 2.12. The van der Waals surface area contributed by atoms with Crippen molar-refractivity contribution in [3.8, 4) is 0 Å². The number of aliphatic hydroxyl groups is 1. The van der Waals surface area contributed by atoms with Crippen LogP contribution in [0.2, 0.25) is 0 Å². The summed E-state index contributed by atoms with van der Waals surface area (Å²) in [6, 6.07) is 0. The van der Waals surface area contributed by atoms with Crippen LogP contribution >= 0.6 is 0 Å². The van der Waals surface area contributed by atoms with Gasteiger partial charge >= 0.3 is 0 Å². The standard InChI is InChI=1S/C11H21N3O/c12-10(13)14-6-9(7-15)11(8-14)4-2-1-3-5-11/h9,15H,1-8H2,(H3,12,13)/t9-/m0/s1. The van der Waals surface area contributed by atoms with Crippen molar-refractivity contribution < 1.29 is 5.11 Å². The predicted molar refractivity (Wildman–Crippen MR) is 59.6 cm³/mol. The van der Waals surface area contributed by atoms with Gasteiger partial charge in [-0.15, -0.1) is 0 Å². The Morgan fingerprint density at radius 3 is 2.60 bits per heavy atom. The molecule has 1 aliphatic heterocycles. The van der Waals surface area contributed by atoms with Crippen molar-refractivity contribution in [3.63, 3.8) is 0 Å². The molecule has 1 spiro atoms. The summed E-state index contributed by atoms with van der Waals surface area (Å²) in [6.07, 6.45) is 6.24. The van der Waals surface area contributed by atoms with Crippen LogP contribution in [0.15, 0.2) is 0 Å².